The van der Waals surface area contributed by atoms with E-state index < -0.39 is 11.6 Å². The van der Waals surface area contributed by atoms with Crippen LogP contribution in [-0.4, -0.2) is 5.11 Å². The number of benzene rings is 2. The molecule has 0 aliphatic heterocycles. The summed E-state index contributed by atoms with van der Waals surface area (Å²) in [4.78, 5) is 0. The molecule has 0 amide bonds. The van der Waals surface area contributed by atoms with Crippen molar-refractivity contribution in [3.63, 3.8) is 0 Å². The van der Waals surface area contributed by atoms with Crippen molar-refractivity contribution in [2.24, 2.45) is 0 Å². The molecule has 0 aliphatic rings. The summed E-state index contributed by atoms with van der Waals surface area (Å²) in [5.74, 6) is -1.62. The van der Waals surface area contributed by atoms with Crippen LogP contribution in [0.2, 0.25) is 0 Å². The van der Waals surface area contributed by atoms with Gasteiger partial charge in [-0.25, -0.2) is 8.78 Å². The van der Waals surface area contributed by atoms with Crippen LogP contribution in [-0.2, 0) is 0 Å². The van der Waals surface area contributed by atoms with Gasteiger partial charge in [-0.15, -0.1) is 0 Å². The molecule has 0 atom stereocenters. The molecule has 0 saturated heterocycles. The highest BCUT2D eigenvalue weighted by atomic mass is 19.2. The third-order valence-electron chi connectivity index (χ3n) is 2.64. The number of halogens is 2. The second-order valence-electron chi connectivity index (χ2n) is 4.15. The predicted octanol–water partition coefficient (Wildman–Crippen LogP) is 3.95. The quantitative estimate of drug-likeness (QED) is 0.774. The molecule has 0 radical (unpaired) electrons. The van der Waals surface area contributed by atoms with Crippen molar-refractivity contribution in [2.75, 3.05) is 0 Å². The van der Waals surface area contributed by atoms with Gasteiger partial charge in [0.2, 0.25) is 0 Å². The Bertz CT molecular complexity index is 547. The lowest BCUT2D eigenvalue weighted by molar-refractivity contribution is 0.474. The molecule has 0 spiro atoms. The number of aromatic hydroxyl groups is 1. The van der Waals surface area contributed by atoms with E-state index in [2.05, 4.69) is 0 Å². The van der Waals surface area contributed by atoms with E-state index >= 15 is 0 Å². The van der Waals surface area contributed by atoms with E-state index in [0.717, 1.165) is 6.07 Å². The summed E-state index contributed by atoms with van der Waals surface area (Å²) in [6, 6.07) is 5.46. The molecule has 2 rings (SSSR count). The number of phenolic OH excluding ortho intramolecular Hbond substituents is 1. The molecule has 84 valence electrons. The van der Waals surface area contributed by atoms with Crippen molar-refractivity contribution in [1.29, 1.82) is 0 Å². The lowest BCUT2D eigenvalue weighted by atomic mass is 9.95. The molecule has 16 heavy (non-hydrogen) atoms. The Hall–Kier alpha value is -1.64. The van der Waals surface area contributed by atoms with Gasteiger partial charge in [0.25, 0.3) is 0 Å². The molecule has 2 aromatic carbocycles. The van der Waals surface area contributed by atoms with Crippen molar-refractivity contribution in [1.82, 2.24) is 0 Å². The fourth-order valence-corrected chi connectivity index (χ4v) is 1.87. The third-order valence-corrected chi connectivity index (χ3v) is 2.64. The Balaban J connectivity index is 2.92. The summed E-state index contributed by atoms with van der Waals surface area (Å²) in [5, 5.41) is 10.3. The van der Waals surface area contributed by atoms with Gasteiger partial charge < -0.3 is 5.11 Å². The maximum atomic E-state index is 13.7. The van der Waals surface area contributed by atoms with E-state index in [9.17, 15) is 13.9 Å². The molecular weight excluding hydrogens is 210 g/mol. The van der Waals surface area contributed by atoms with Gasteiger partial charge in [0.05, 0.1) is 0 Å². The fourth-order valence-electron chi connectivity index (χ4n) is 1.87. The topological polar surface area (TPSA) is 20.2 Å². The molecule has 0 heterocycles. The fraction of sp³-hybridized carbons (Fsp3) is 0.231. The zero-order valence-electron chi connectivity index (χ0n) is 9.09. The van der Waals surface area contributed by atoms with Gasteiger partial charge in [0.1, 0.15) is 5.75 Å². The molecule has 0 bridgehead atoms. The highest BCUT2D eigenvalue weighted by Gasteiger charge is 2.14. The Labute approximate surface area is 92.3 Å². The molecular formula is C13H12F2O. The van der Waals surface area contributed by atoms with E-state index in [1.54, 1.807) is 0 Å². The molecule has 0 unspecified atom stereocenters. The van der Waals surface area contributed by atoms with Gasteiger partial charge in [-0.1, -0.05) is 19.9 Å². The first-order valence-electron chi connectivity index (χ1n) is 5.11. The second-order valence-corrected chi connectivity index (χ2v) is 4.15. The number of fused-ring (bicyclic) bond motifs is 1. The van der Waals surface area contributed by atoms with Crippen LogP contribution in [0.25, 0.3) is 10.8 Å². The largest absolute Gasteiger partial charge is 0.508 e. The summed E-state index contributed by atoms with van der Waals surface area (Å²) in [6.07, 6.45) is 0. The Morgan fingerprint density at radius 2 is 1.81 bits per heavy atom. The standard InChI is InChI=1S/C13H12F2O/c1-7(2)10-6-9(16)5-8-3-4-11(14)13(15)12(8)10/h3-7,16H,1-2H3. The predicted molar refractivity (Wildman–Crippen MR) is 59.6 cm³/mol. The van der Waals surface area contributed by atoms with Crippen LogP contribution in [0, 0.1) is 11.6 Å². The molecule has 2 aromatic rings. The van der Waals surface area contributed by atoms with Crippen molar-refractivity contribution in [2.45, 2.75) is 19.8 Å². The molecule has 1 N–H and O–H groups in total. The minimum Gasteiger partial charge on any atom is -0.508 e. The van der Waals surface area contributed by atoms with Crippen molar-refractivity contribution < 1.29 is 13.9 Å². The summed E-state index contributed by atoms with van der Waals surface area (Å²) in [5.41, 5.74) is 0.618. The number of rotatable bonds is 1. The second kappa shape index (κ2) is 3.74. The zero-order valence-corrected chi connectivity index (χ0v) is 9.09. The van der Waals surface area contributed by atoms with Gasteiger partial charge in [-0.05, 0) is 35.1 Å². The Morgan fingerprint density at radius 3 is 2.44 bits per heavy atom. The SMILES string of the molecule is CC(C)c1cc(O)cc2ccc(F)c(F)c12. The first-order valence-corrected chi connectivity index (χ1v) is 5.11. The van der Waals surface area contributed by atoms with Gasteiger partial charge in [-0.3, -0.25) is 0 Å². The van der Waals surface area contributed by atoms with Crippen molar-refractivity contribution >= 4 is 10.8 Å². The van der Waals surface area contributed by atoms with E-state index in [1.807, 2.05) is 13.8 Å². The number of hydrogen-bond donors (Lipinski definition) is 1. The van der Waals surface area contributed by atoms with Gasteiger partial charge in [-0.2, -0.15) is 0 Å². The Kier molecular flexibility index (Phi) is 2.54. The van der Waals surface area contributed by atoms with E-state index in [0.29, 0.717) is 10.9 Å². The lowest BCUT2D eigenvalue weighted by Crippen LogP contribution is -1.94. The maximum Gasteiger partial charge on any atom is 0.166 e. The zero-order chi connectivity index (χ0) is 11.9. The maximum absolute atomic E-state index is 13.7. The highest BCUT2D eigenvalue weighted by Crippen LogP contribution is 2.32. The molecule has 1 nitrogen and oxygen atoms in total. The lowest BCUT2D eigenvalue weighted by Gasteiger charge is -2.12. The number of phenols is 1. The minimum atomic E-state index is -0.861. The van der Waals surface area contributed by atoms with Crippen LogP contribution < -0.4 is 0 Å². The molecule has 0 saturated carbocycles. The monoisotopic (exact) mass is 222 g/mol. The minimum absolute atomic E-state index is 0.0194. The van der Waals surface area contributed by atoms with Crippen LogP contribution in [0.3, 0.4) is 0 Å². The third kappa shape index (κ3) is 1.62. The van der Waals surface area contributed by atoms with Gasteiger partial charge in [0, 0.05) is 5.39 Å². The van der Waals surface area contributed by atoms with Gasteiger partial charge >= 0.3 is 0 Å². The van der Waals surface area contributed by atoms with E-state index in [4.69, 9.17) is 0 Å². The van der Waals surface area contributed by atoms with Crippen LogP contribution in [0.4, 0.5) is 8.78 Å². The molecule has 0 fully saturated rings. The Morgan fingerprint density at radius 1 is 1.12 bits per heavy atom. The van der Waals surface area contributed by atoms with E-state index in [1.165, 1.54) is 18.2 Å². The molecule has 0 aromatic heterocycles. The number of hydrogen-bond acceptors (Lipinski definition) is 1. The van der Waals surface area contributed by atoms with Crippen LogP contribution in [0.1, 0.15) is 25.3 Å². The van der Waals surface area contributed by atoms with Gasteiger partial charge in [0.15, 0.2) is 11.6 Å². The van der Waals surface area contributed by atoms with Crippen molar-refractivity contribution in [3.8, 4) is 5.75 Å². The van der Waals surface area contributed by atoms with Crippen LogP contribution in [0.15, 0.2) is 24.3 Å². The van der Waals surface area contributed by atoms with Crippen LogP contribution in [0.5, 0.6) is 5.75 Å². The van der Waals surface area contributed by atoms with Crippen LogP contribution >= 0.6 is 0 Å². The average Bonchev–Trinajstić information content (AvgIpc) is 2.22. The summed E-state index contributed by atoms with van der Waals surface area (Å²) in [7, 11) is 0. The summed E-state index contributed by atoms with van der Waals surface area (Å²) < 4.78 is 26.8. The van der Waals surface area contributed by atoms with Crippen molar-refractivity contribution in [3.05, 3.63) is 41.5 Å². The molecule has 0 aliphatic carbocycles. The molecule has 3 heteroatoms. The summed E-state index contributed by atoms with van der Waals surface area (Å²) >= 11 is 0. The normalized spacial score (nSPS) is 11.3. The highest BCUT2D eigenvalue weighted by molar-refractivity contribution is 5.88. The smallest absolute Gasteiger partial charge is 0.166 e. The first kappa shape index (κ1) is 10.9. The summed E-state index contributed by atoms with van der Waals surface area (Å²) in [6.45, 7) is 3.75. The average molecular weight is 222 g/mol. The first-order chi connectivity index (χ1) is 7.50. The van der Waals surface area contributed by atoms with E-state index in [-0.39, 0.29) is 17.1 Å².